The number of methoxy groups -OCH3 is 1. The molecule has 0 fully saturated rings. The van der Waals surface area contributed by atoms with E-state index < -0.39 is 29.7 Å². The maximum absolute atomic E-state index is 10.7. The normalized spacial score (nSPS) is 10.6. The standard InChI is InChI=1S/C7H10O6/c1-7(5(9)10,6(11)12)3-4(8)13-2/h3H2,1-2H3,(H,9,10)(H,11,12). The minimum atomic E-state index is -2.12. The summed E-state index contributed by atoms with van der Waals surface area (Å²) < 4.78 is 4.18. The zero-order valence-corrected chi connectivity index (χ0v) is 7.23. The molecule has 0 saturated heterocycles. The zero-order valence-electron chi connectivity index (χ0n) is 7.23. The fraction of sp³-hybridized carbons (Fsp3) is 0.571. The van der Waals surface area contributed by atoms with Gasteiger partial charge in [-0.3, -0.25) is 14.4 Å². The number of carbonyl (C=O) groups excluding carboxylic acids is 1. The number of hydrogen-bond donors (Lipinski definition) is 2. The van der Waals surface area contributed by atoms with E-state index in [1.807, 2.05) is 0 Å². The van der Waals surface area contributed by atoms with Gasteiger partial charge in [-0.2, -0.15) is 0 Å². The van der Waals surface area contributed by atoms with Crippen molar-refractivity contribution in [1.29, 1.82) is 0 Å². The van der Waals surface area contributed by atoms with E-state index in [1.54, 1.807) is 0 Å². The van der Waals surface area contributed by atoms with Crippen molar-refractivity contribution in [2.45, 2.75) is 13.3 Å². The van der Waals surface area contributed by atoms with Gasteiger partial charge in [0.15, 0.2) is 5.41 Å². The van der Waals surface area contributed by atoms with Crippen LogP contribution in [0.15, 0.2) is 0 Å². The summed E-state index contributed by atoms with van der Waals surface area (Å²) in [6.45, 7) is 0.953. The minimum absolute atomic E-state index is 0.686. The summed E-state index contributed by atoms with van der Waals surface area (Å²) in [5.74, 6) is -4.00. The number of hydrogen-bond acceptors (Lipinski definition) is 4. The van der Waals surface area contributed by atoms with Gasteiger partial charge in [-0.1, -0.05) is 0 Å². The van der Waals surface area contributed by atoms with Gasteiger partial charge in [0.2, 0.25) is 0 Å². The van der Waals surface area contributed by atoms with Crippen LogP contribution in [0.25, 0.3) is 0 Å². The molecule has 0 amide bonds. The van der Waals surface area contributed by atoms with Gasteiger partial charge in [-0.15, -0.1) is 0 Å². The largest absolute Gasteiger partial charge is 0.480 e. The van der Waals surface area contributed by atoms with Crippen LogP contribution in [0.2, 0.25) is 0 Å². The molecule has 2 N–H and O–H groups in total. The lowest BCUT2D eigenvalue weighted by Crippen LogP contribution is -2.38. The smallest absolute Gasteiger partial charge is 0.321 e. The van der Waals surface area contributed by atoms with Crippen LogP contribution < -0.4 is 0 Å². The third-order valence-electron chi connectivity index (χ3n) is 1.67. The zero-order chi connectivity index (χ0) is 10.6. The summed E-state index contributed by atoms with van der Waals surface area (Å²) in [4.78, 5) is 31.7. The van der Waals surface area contributed by atoms with E-state index in [9.17, 15) is 14.4 Å². The number of carboxylic acids is 2. The number of rotatable bonds is 4. The Labute approximate surface area is 74.1 Å². The Balaban J connectivity index is 4.72. The first-order valence-corrected chi connectivity index (χ1v) is 3.38. The lowest BCUT2D eigenvalue weighted by atomic mass is 9.87. The molecule has 0 saturated carbocycles. The third-order valence-corrected chi connectivity index (χ3v) is 1.67. The molecular formula is C7H10O6. The van der Waals surface area contributed by atoms with E-state index >= 15 is 0 Å². The lowest BCUT2D eigenvalue weighted by Gasteiger charge is -2.17. The van der Waals surface area contributed by atoms with Crippen LogP contribution in [0.4, 0.5) is 0 Å². The SMILES string of the molecule is COC(=O)CC(C)(C(=O)O)C(=O)O. The highest BCUT2D eigenvalue weighted by atomic mass is 16.5. The van der Waals surface area contributed by atoms with Crippen molar-refractivity contribution in [3.8, 4) is 0 Å². The van der Waals surface area contributed by atoms with E-state index in [1.165, 1.54) is 0 Å². The summed E-state index contributed by atoms with van der Waals surface area (Å²) in [6.07, 6.45) is -0.686. The van der Waals surface area contributed by atoms with Crippen LogP contribution in [-0.2, 0) is 19.1 Å². The van der Waals surface area contributed by atoms with Crippen molar-refractivity contribution in [3.63, 3.8) is 0 Å². The molecule has 6 nitrogen and oxygen atoms in total. The minimum Gasteiger partial charge on any atom is -0.480 e. The Morgan fingerprint density at radius 1 is 1.23 bits per heavy atom. The van der Waals surface area contributed by atoms with E-state index in [4.69, 9.17) is 10.2 Å². The molecule has 6 heteroatoms. The lowest BCUT2D eigenvalue weighted by molar-refractivity contribution is -0.168. The first kappa shape index (κ1) is 11.4. The molecule has 0 unspecified atom stereocenters. The van der Waals surface area contributed by atoms with Crippen molar-refractivity contribution in [2.24, 2.45) is 5.41 Å². The molecule has 0 aliphatic rings. The summed E-state index contributed by atoms with van der Waals surface area (Å²) in [5, 5.41) is 17.1. The van der Waals surface area contributed by atoms with Crippen molar-refractivity contribution in [2.75, 3.05) is 7.11 Å². The maximum Gasteiger partial charge on any atom is 0.321 e. The van der Waals surface area contributed by atoms with Gasteiger partial charge in [0.1, 0.15) is 0 Å². The van der Waals surface area contributed by atoms with Gasteiger partial charge in [-0.25, -0.2) is 0 Å². The van der Waals surface area contributed by atoms with Crippen molar-refractivity contribution >= 4 is 17.9 Å². The quantitative estimate of drug-likeness (QED) is 0.467. The highest BCUT2D eigenvalue weighted by Gasteiger charge is 2.44. The van der Waals surface area contributed by atoms with Crippen molar-refractivity contribution in [1.82, 2.24) is 0 Å². The molecule has 0 bridgehead atoms. The fourth-order valence-electron chi connectivity index (χ4n) is 0.604. The van der Waals surface area contributed by atoms with Gasteiger partial charge in [0.25, 0.3) is 0 Å². The molecule has 0 aliphatic heterocycles. The first-order chi connectivity index (χ1) is 5.84. The molecule has 0 aromatic rings. The monoisotopic (exact) mass is 190 g/mol. The number of carbonyl (C=O) groups is 3. The Hall–Kier alpha value is -1.59. The number of aliphatic carboxylic acids is 2. The van der Waals surface area contributed by atoms with E-state index in [-0.39, 0.29) is 0 Å². The third kappa shape index (κ3) is 2.43. The molecule has 0 rings (SSSR count). The van der Waals surface area contributed by atoms with Crippen molar-refractivity contribution < 1.29 is 29.3 Å². The van der Waals surface area contributed by atoms with Crippen LogP contribution in [-0.4, -0.2) is 35.2 Å². The van der Waals surface area contributed by atoms with Gasteiger partial charge in [0, 0.05) is 0 Å². The maximum atomic E-state index is 10.7. The van der Waals surface area contributed by atoms with E-state index in [2.05, 4.69) is 4.74 Å². The topological polar surface area (TPSA) is 101 Å². The van der Waals surface area contributed by atoms with Gasteiger partial charge in [-0.05, 0) is 6.92 Å². The van der Waals surface area contributed by atoms with Gasteiger partial charge < -0.3 is 14.9 Å². The van der Waals surface area contributed by atoms with Crippen molar-refractivity contribution in [3.05, 3.63) is 0 Å². The molecule has 0 heterocycles. The summed E-state index contributed by atoms with van der Waals surface area (Å²) in [7, 11) is 1.06. The first-order valence-electron chi connectivity index (χ1n) is 3.38. The predicted molar refractivity (Wildman–Crippen MR) is 40.0 cm³/mol. The Morgan fingerprint density at radius 2 is 1.62 bits per heavy atom. The summed E-state index contributed by atoms with van der Waals surface area (Å²) in [6, 6.07) is 0. The average molecular weight is 190 g/mol. The van der Waals surface area contributed by atoms with E-state index in [0.29, 0.717) is 0 Å². The molecule has 0 aromatic heterocycles. The Morgan fingerprint density at radius 3 is 1.85 bits per heavy atom. The van der Waals surface area contributed by atoms with E-state index in [0.717, 1.165) is 14.0 Å². The predicted octanol–water partition coefficient (Wildman–Crippen LogP) is -0.275. The Bertz CT molecular complexity index is 229. The summed E-state index contributed by atoms with van der Waals surface area (Å²) >= 11 is 0. The van der Waals surface area contributed by atoms with Crippen LogP contribution in [0.5, 0.6) is 0 Å². The summed E-state index contributed by atoms with van der Waals surface area (Å²) in [5.41, 5.74) is -2.12. The molecular weight excluding hydrogens is 180 g/mol. The van der Waals surface area contributed by atoms with Crippen LogP contribution in [0.1, 0.15) is 13.3 Å². The van der Waals surface area contributed by atoms with Crippen LogP contribution >= 0.6 is 0 Å². The number of esters is 1. The second-order valence-corrected chi connectivity index (χ2v) is 2.70. The number of ether oxygens (including phenoxy) is 1. The average Bonchev–Trinajstić information content (AvgIpc) is 2.03. The second-order valence-electron chi connectivity index (χ2n) is 2.70. The molecule has 74 valence electrons. The fourth-order valence-corrected chi connectivity index (χ4v) is 0.604. The molecule has 0 aromatic carbocycles. The highest BCUT2D eigenvalue weighted by Crippen LogP contribution is 2.22. The molecule has 0 atom stereocenters. The molecule has 13 heavy (non-hydrogen) atoms. The number of carboxylic acid groups (broad SMARTS) is 2. The molecule has 0 aliphatic carbocycles. The van der Waals surface area contributed by atoms with Crippen LogP contribution in [0.3, 0.4) is 0 Å². The van der Waals surface area contributed by atoms with Gasteiger partial charge >= 0.3 is 17.9 Å². The molecule has 0 spiro atoms. The second kappa shape index (κ2) is 3.88. The highest BCUT2D eigenvalue weighted by molar-refractivity contribution is 6.00. The van der Waals surface area contributed by atoms with Crippen LogP contribution in [0, 0.1) is 5.41 Å². The Kier molecular flexibility index (Phi) is 3.41. The van der Waals surface area contributed by atoms with Gasteiger partial charge in [0.05, 0.1) is 13.5 Å². The molecule has 0 radical (unpaired) electrons.